The third-order valence-electron chi connectivity index (χ3n) is 2.80. The van der Waals surface area contributed by atoms with E-state index >= 15 is 0 Å². The minimum atomic E-state index is -0.269. The molecule has 86 valence electrons. The molecule has 0 radical (unpaired) electrons. The standard InChI is InChI=1S/C12H10FN3O/c1-16-6-8(12-10(14)5-15-17-12)7-3-2-4-9(13)11(7)16/h2-6H,14H2,1H3. The third kappa shape index (κ3) is 1.32. The molecule has 0 saturated carbocycles. The monoisotopic (exact) mass is 231 g/mol. The molecule has 0 unspecified atom stereocenters. The van der Waals surface area contributed by atoms with Crippen molar-refractivity contribution in [2.45, 2.75) is 0 Å². The number of halogens is 1. The van der Waals surface area contributed by atoms with Gasteiger partial charge in [-0.1, -0.05) is 17.3 Å². The molecular weight excluding hydrogens is 221 g/mol. The molecule has 2 aromatic heterocycles. The van der Waals surface area contributed by atoms with E-state index in [0.29, 0.717) is 17.0 Å². The van der Waals surface area contributed by atoms with Crippen molar-refractivity contribution in [1.82, 2.24) is 9.72 Å². The Kier molecular flexibility index (Phi) is 1.95. The first-order valence-electron chi connectivity index (χ1n) is 5.12. The predicted octanol–water partition coefficient (Wildman–Crippen LogP) is 2.55. The van der Waals surface area contributed by atoms with Crippen molar-refractivity contribution < 1.29 is 8.91 Å². The number of para-hydroxylation sites is 1. The molecule has 2 heterocycles. The maximum absolute atomic E-state index is 13.7. The van der Waals surface area contributed by atoms with Crippen LogP contribution in [0.1, 0.15) is 0 Å². The number of anilines is 1. The molecule has 0 aliphatic rings. The maximum Gasteiger partial charge on any atom is 0.191 e. The van der Waals surface area contributed by atoms with E-state index in [1.54, 1.807) is 23.9 Å². The second kappa shape index (κ2) is 3.35. The Morgan fingerprint density at radius 1 is 1.41 bits per heavy atom. The molecule has 0 aliphatic heterocycles. The van der Waals surface area contributed by atoms with Crippen LogP contribution in [0.15, 0.2) is 35.1 Å². The smallest absolute Gasteiger partial charge is 0.191 e. The molecule has 0 fully saturated rings. The molecule has 0 bridgehead atoms. The molecule has 5 heteroatoms. The Morgan fingerprint density at radius 3 is 2.94 bits per heavy atom. The van der Waals surface area contributed by atoms with Gasteiger partial charge in [-0.15, -0.1) is 0 Å². The van der Waals surface area contributed by atoms with E-state index in [1.165, 1.54) is 12.3 Å². The van der Waals surface area contributed by atoms with Gasteiger partial charge in [0.05, 0.1) is 11.7 Å². The van der Waals surface area contributed by atoms with E-state index in [9.17, 15) is 4.39 Å². The summed E-state index contributed by atoms with van der Waals surface area (Å²) in [6.07, 6.45) is 3.22. The van der Waals surface area contributed by atoms with Crippen molar-refractivity contribution in [2.24, 2.45) is 7.05 Å². The highest BCUT2D eigenvalue weighted by molar-refractivity contribution is 5.97. The lowest BCUT2D eigenvalue weighted by atomic mass is 10.1. The summed E-state index contributed by atoms with van der Waals surface area (Å²) >= 11 is 0. The van der Waals surface area contributed by atoms with E-state index in [4.69, 9.17) is 10.3 Å². The maximum atomic E-state index is 13.7. The molecule has 0 saturated heterocycles. The first-order valence-corrected chi connectivity index (χ1v) is 5.12. The molecule has 0 aliphatic carbocycles. The third-order valence-corrected chi connectivity index (χ3v) is 2.80. The molecule has 1 aromatic carbocycles. The zero-order valence-electron chi connectivity index (χ0n) is 9.14. The number of rotatable bonds is 1. The zero-order chi connectivity index (χ0) is 12.0. The van der Waals surface area contributed by atoms with E-state index in [-0.39, 0.29) is 5.82 Å². The number of hydrogen-bond donors (Lipinski definition) is 1. The quantitative estimate of drug-likeness (QED) is 0.700. The van der Waals surface area contributed by atoms with Gasteiger partial charge in [0.25, 0.3) is 0 Å². The van der Waals surface area contributed by atoms with Gasteiger partial charge in [-0.05, 0) is 6.07 Å². The normalized spacial score (nSPS) is 11.2. The number of aryl methyl sites for hydroxylation is 1. The van der Waals surface area contributed by atoms with Crippen LogP contribution in [-0.2, 0) is 7.05 Å². The number of aromatic nitrogens is 2. The van der Waals surface area contributed by atoms with Gasteiger partial charge in [0.2, 0.25) is 0 Å². The summed E-state index contributed by atoms with van der Waals surface area (Å²) < 4.78 is 20.5. The minimum absolute atomic E-state index is 0.269. The summed E-state index contributed by atoms with van der Waals surface area (Å²) in [5, 5.41) is 4.39. The fraction of sp³-hybridized carbons (Fsp3) is 0.0833. The van der Waals surface area contributed by atoms with Crippen molar-refractivity contribution in [3.63, 3.8) is 0 Å². The SMILES string of the molecule is Cn1cc(-c2oncc2N)c2cccc(F)c21. The fourth-order valence-corrected chi connectivity index (χ4v) is 2.05. The summed E-state index contributed by atoms with van der Waals surface area (Å²) in [6.45, 7) is 0. The van der Waals surface area contributed by atoms with Gasteiger partial charge < -0.3 is 14.8 Å². The van der Waals surface area contributed by atoms with Crippen molar-refractivity contribution >= 4 is 16.6 Å². The average molecular weight is 231 g/mol. The van der Waals surface area contributed by atoms with E-state index in [2.05, 4.69) is 5.16 Å². The second-order valence-electron chi connectivity index (χ2n) is 3.90. The van der Waals surface area contributed by atoms with Gasteiger partial charge in [-0.3, -0.25) is 0 Å². The van der Waals surface area contributed by atoms with Crippen LogP contribution in [0.25, 0.3) is 22.2 Å². The highest BCUT2D eigenvalue weighted by atomic mass is 19.1. The highest BCUT2D eigenvalue weighted by Crippen LogP contribution is 2.34. The lowest BCUT2D eigenvalue weighted by Crippen LogP contribution is -1.86. The van der Waals surface area contributed by atoms with Gasteiger partial charge in [0, 0.05) is 24.2 Å². The molecule has 3 rings (SSSR count). The zero-order valence-corrected chi connectivity index (χ0v) is 9.14. The second-order valence-corrected chi connectivity index (χ2v) is 3.90. The molecule has 0 spiro atoms. The predicted molar refractivity (Wildman–Crippen MR) is 62.8 cm³/mol. The van der Waals surface area contributed by atoms with Gasteiger partial charge in [-0.2, -0.15) is 0 Å². The van der Waals surface area contributed by atoms with Crippen LogP contribution in [0.5, 0.6) is 0 Å². The van der Waals surface area contributed by atoms with E-state index < -0.39 is 0 Å². The van der Waals surface area contributed by atoms with Gasteiger partial charge >= 0.3 is 0 Å². The molecule has 3 aromatic rings. The Morgan fingerprint density at radius 2 is 2.24 bits per heavy atom. The van der Waals surface area contributed by atoms with Crippen molar-refractivity contribution in [2.75, 3.05) is 5.73 Å². The number of nitrogens with zero attached hydrogens (tertiary/aromatic N) is 2. The van der Waals surface area contributed by atoms with Crippen LogP contribution < -0.4 is 5.73 Å². The Bertz CT molecular complexity index is 699. The molecule has 2 N–H and O–H groups in total. The Labute approximate surface area is 96.4 Å². The van der Waals surface area contributed by atoms with Gasteiger partial charge in [0.15, 0.2) is 5.76 Å². The highest BCUT2D eigenvalue weighted by Gasteiger charge is 2.16. The lowest BCUT2D eigenvalue weighted by Gasteiger charge is -1.97. The molecule has 17 heavy (non-hydrogen) atoms. The van der Waals surface area contributed by atoms with Crippen molar-refractivity contribution in [3.05, 3.63) is 36.4 Å². The Balaban J connectivity index is 2.40. The number of nitrogen functional groups attached to an aromatic ring is 1. The first-order chi connectivity index (χ1) is 8.18. The van der Waals surface area contributed by atoms with Crippen molar-refractivity contribution in [3.8, 4) is 11.3 Å². The fourth-order valence-electron chi connectivity index (χ4n) is 2.05. The molecular formula is C12H10FN3O. The van der Waals surface area contributed by atoms with Crippen LogP contribution in [0.4, 0.5) is 10.1 Å². The number of nitrogens with two attached hydrogens (primary N) is 1. The summed E-state index contributed by atoms with van der Waals surface area (Å²) in [5.74, 6) is 0.204. The van der Waals surface area contributed by atoms with E-state index in [1.807, 2.05) is 6.07 Å². The Hall–Kier alpha value is -2.30. The van der Waals surface area contributed by atoms with Gasteiger partial charge in [-0.25, -0.2) is 4.39 Å². The number of fused-ring (bicyclic) bond motifs is 1. The lowest BCUT2D eigenvalue weighted by molar-refractivity contribution is 0.433. The van der Waals surface area contributed by atoms with Crippen LogP contribution in [0.2, 0.25) is 0 Å². The van der Waals surface area contributed by atoms with Crippen LogP contribution in [-0.4, -0.2) is 9.72 Å². The van der Waals surface area contributed by atoms with Crippen molar-refractivity contribution in [1.29, 1.82) is 0 Å². The topological polar surface area (TPSA) is 57.0 Å². The minimum Gasteiger partial charge on any atom is -0.394 e. The van der Waals surface area contributed by atoms with Crippen LogP contribution in [0.3, 0.4) is 0 Å². The molecule has 0 amide bonds. The van der Waals surface area contributed by atoms with Gasteiger partial charge in [0.1, 0.15) is 11.5 Å². The summed E-state index contributed by atoms with van der Waals surface area (Å²) in [5.41, 5.74) is 7.47. The average Bonchev–Trinajstić information content (AvgIpc) is 2.84. The summed E-state index contributed by atoms with van der Waals surface area (Å²) in [7, 11) is 1.78. The number of hydrogen-bond acceptors (Lipinski definition) is 3. The van der Waals surface area contributed by atoms with E-state index in [0.717, 1.165) is 10.9 Å². The molecule has 0 atom stereocenters. The first kappa shape index (κ1) is 9.89. The summed E-state index contributed by atoms with van der Waals surface area (Å²) in [6, 6.07) is 4.92. The molecule has 4 nitrogen and oxygen atoms in total. The number of benzene rings is 1. The van der Waals surface area contributed by atoms with Crippen LogP contribution >= 0.6 is 0 Å². The summed E-state index contributed by atoms with van der Waals surface area (Å²) in [4.78, 5) is 0. The largest absolute Gasteiger partial charge is 0.394 e. The van der Waals surface area contributed by atoms with Crippen LogP contribution in [0, 0.1) is 5.82 Å².